The molecule has 0 fully saturated rings. The number of rotatable bonds is 2. The van der Waals surface area contributed by atoms with Crippen LogP contribution in [0, 0.1) is 6.92 Å². The third-order valence-electron chi connectivity index (χ3n) is 1.66. The Kier molecular flexibility index (Phi) is 5.11. The molecule has 1 aromatic rings. The molecule has 0 unspecified atom stereocenters. The second-order valence-electron chi connectivity index (χ2n) is 2.61. The van der Waals surface area contributed by atoms with Crippen LogP contribution >= 0.6 is 0 Å². The molecule has 0 heterocycles. The van der Waals surface area contributed by atoms with Crippen LogP contribution in [0.25, 0.3) is 0 Å². The van der Waals surface area contributed by atoms with Crippen LogP contribution in [-0.4, -0.2) is 49.6 Å². The summed E-state index contributed by atoms with van der Waals surface area (Å²) in [6, 6.07) is 4.15. The monoisotopic (exact) mass is 226 g/mol. The summed E-state index contributed by atoms with van der Waals surface area (Å²) in [6.07, 6.45) is 0. The summed E-state index contributed by atoms with van der Waals surface area (Å²) < 4.78 is 35.0. The molecule has 0 aliphatic rings. The molecule has 1 N–H and O–H groups in total. The second-order valence-corrected chi connectivity index (χ2v) is 4.03. The Morgan fingerprint density at radius 1 is 1.36 bits per heavy atom. The van der Waals surface area contributed by atoms with E-state index < -0.39 is 10.1 Å². The van der Waals surface area contributed by atoms with Gasteiger partial charge in [0.15, 0.2) is 0 Å². The summed E-state index contributed by atoms with van der Waals surface area (Å²) in [6.45, 7) is 1.70. The fourth-order valence-corrected chi connectivity index (χ4v) is 1.58. The van der Waals surface area contributed by atoms with E-state index in [1.807, 2.05) is 0 Å². The summed E-state index contributed by atoms with van der Waals surface area (Å²) in [5, 5.41) is 0. The molecular weight excluding hydrogens is 215 g/mol. The number of methoxy groups -OCH3 is 1. The van der Waals surface area contributed by atoms with Crippen molar-refractivity contribution in [2.45, 2.75) is 11.8 Å². The molecule has 6 heteroatoms. The van der Waals surface area contributed by atoms with Crippen LogP contribution in [0.2, 0.25) is 0 Å². The second kappa shape index (κ2) is 5.14. The van der Waals surface area contributed by atoms with E-state index in [1.165, 1.54) is 25.3 Å². The number of ether oxygens (including phenoxy) is 1. The van der Waals surface area contributed by atoms with Gasteiger partial charge >= 0.3 is 29.6 Å². The minimum absolute atomic E-state index is 0. The zero-order valence-electron chi connectivity index (χ0n) is 7.31. The molecule has 0 aliphatic carbocycles. The van der Waals surface area contributed by atoms with Crippen molar-refractivity contribution in [3.63, 3.8) is 0 Å². The van der Waals surface area contributed by atoms with E-state index in [1.54, 1.807) is 6.92 Å². The number of hydrogen-bond donors (Lipinski definition) is 1. The van der Waals surface area contributed by atoms with Crippen LogP contribution in [-0.2, 0) is 10.1 Å². The number of benzene rings is 1. The summed E-state index contributed by atoms with van der Waals surface area (Å²) in [4.78, 5) is -0.120. The van der Waals surface area contributed by atoms with Gasteiger partial charge in [-0.15, -0.1) is 0 Å². The molecule has 0 radical (unpaired) electrons. The fraction of sp³-hybridized carbons (Fsp3) is 0.250. The Morgan fingerprint density at radius 2 is 1.93 bits per heavy atom. The van der Waals surface area contributed by atoms with Crippen molar-refractivity contribution in [3.8, 4) is 5.75 Å². The molecule has 1 rings (SSSR count). The molecule has 0 aliphatic heterocycles. The first-order valence-electron chi connectivity index (χ1n) is 3.57. The van der Waals surface area contributed by atoms with E-state index in [0.29, 0.717) is 11.3 Å². The molecule has 0 aromatic heterocycles. The maximum atomic E-state index is 10.7. The summed E-state index contributed by atoms with van der Waals surface area (Å²) in [5.41, 5.74) is 0.664. The predicted molar refractivity (Wildman–Crippen MR) is 54.7 cm³/mol. The van der Waals surface area contributed by atoms with Gasteiger partial charge in [0.2, 0.25) is 0 Å². The molecule has 0 saturated carbocycles. The van der Waals surface area contributed by atoms with Crippen molar-refractivity contribution in [1.29, 1.82) is 0 Å². The van der Waals surface area contributed by atoms with Gasteiger partial charge in [-0.3, -0.25) is 4.55 Å². The van der Waals surface area contributed by atoms with Gasteiger partial charge in [0.1, 0.15) is 5.75 Å². The Labute approximate surface area is 105 Å². The van der Waals surface area contributed by atoms with E-state index in [2.05, 4.69) is 0 Å². The zero-order chi connectivity index (χ0) is 10.1. The van der Waals surface area contributed by atoms with E-state index in [0.717, 1.165) is 0 Å². The molecule has 0 amide bonds. The first kappa shape index (κ1) is 13.9. The molecular formula is C8H11NaO4S. The van der Waals surface area contributed by atoms with Crippen molar-refractivity contribution in [3.05, 3.63) is 23.8 Å². The molecule has 4 nitrogen and oxygen atoms in total. The summed E-state index contributed by atoms with van der Waals surface area (Å²) >= 11 is 0. The molecule has 14 heavy (non-hydrogen) atoms. The normalized spacial score (nSPS) is 10.5. The third-order valence-corrected chi connectivity index (χ3v) is 2.51. The first-order valence-corrected chi connectivity index (χ1v) is 5.01. The molecule has 1 aromatic carbocycles. The molecule has 0 spiro atoms. The minimum atomic E-state index is -4.11. The molecule has 0 atom stereocenters. The Hall–Kier alpha value is -0.0700. The molecule has 0 bridgehead atoms. The first-order chi connectivity index (χ1) is 5.95. The van der Waals surface area contributed by atoms with Crippen molar-refractivity contribution in [1.82, 2.24) is 0 Å². The van der Waals surface area contributed by atoms with E-state index >= 15 is 0 Å². The van der Waals surface area contributed by atoms with Crippen molar-refractivity contribution in [2.75, 3.05) is 7.11 Å². The van der Waals surface area contributed by atoms with Gasteiger partial charge < -0.3 is 4.74 Å². The topological polar surface area (TPSA) is 63.6 Å². The van der Waals surface area contributed by atoms with Crippen LogP contribution in [0.3, 0.4) is 0 Å². The van der Waals surface area contributed by atoms with E-state index in [4.69, 9.17) is 9.29 Å². The standard InChI is InChI=1S/C8H10O4S.Na.H/c1-6-5-7(13(9,10)11)3-4-8(6)12-2;;/h3-5H,1-2H3,(H,9,10,11);;. The Bertz CT molecular complexity index is 413. The SMILES string of the molecule is COc1ccc(S(=O)(=O)O)cc1C.[NaH]. The van der Waals surface area contributed by atoms with Gasteiger partial charge in [-0.1, -0.05) is 0 Å². The Morgan fingerprint density at radius 3 is 2.29 bits per heavy atom. The van der Waals surface area contributed by atoms with Gasteiger partial charge in [-0.05, 0) is 30.7 Å². The van der Waals surface area contributed by atoms with Crippen LogP contribution in [0.1, 0.15) is 5.56 Å². The van der Waals surface area contributed by atoms with Crippen molar-refractivity contribution < 1.29 is 17.7 Å². The van der Waals surface area contributed by atoms with Crippen LogP contribution in [0.4, 0.5) is 0 Å². The zero-order valence-corrected chi connectivity index (χ0v) is 8.13. The van der Waals surface area contributed by atoms with Crippen LogP contribution in [0.5, 0.6) is 5.75 Å². The number of hydrogen-bond acceptors (Lipinski definition) is 3. The van der Waals surface area contributed by atoms with Crippen LogP contribution < -0.4 is 4.74 Å². The average molecular weight is 226 g/mol. The van der Waals surface area contributed by atoms with Gasteiger partial charge in [-0.25, -0.2) is 0 Å². The van der Waals surface area contributed by atoms with Crippen molar-refractivity contribution in [2.24, 2.45) is 0 Å². The van der Waals surface area contributed by atoms with Gasteiger partial charge in [-0.2, -0.15) is 8.42 Å². The van der Waals surface area contributed by atoms with Gasteiger partial charge in [0.25, 0.3) is 10.1 Å². The molecule has 0 saturated heterocycles. The summed E-state index contributed by atoms with van der Waals surface area (Å²) in [7, 11) is -2.61. The summed E-state index contributed by atoms with van der Waals surface area (Å²) in [5.74, 6) is 0.590. The Balaban J connectivity index is 0.00000169. The van der Waals surface area contributed by atoms with E-state index in [9.17, 15) is 8.42 Å². The van der Waals surface area contributed by atoms with Gasteiger partial charge in [0, 0.05) is 0 Å². The van der Waals surface area contributed by atoms with Gasteiger partial charge in [0.05, 0.1) is 12.0 Å². The predicted octanol–water partition coefficient (Wildman–Crippen LogP) is 0.602. The number of aryl methyl sites for hydroxylation is 1. The fourth-order valence-electron chi connectivity index (χ4n) is 1.01. The molecule has 74 valence electrons. The van der Waals surface area contributed by atoms with E-state index in [-0.39, 0.29) is 34.5 Å². The third kappa shape index (κ3) is 3.25. The average Bonchev–Trinajstić information content (AvgIpc) is 2.02. The van der Waals surface area contributed by atoms with Crippen LogP contribution in [0.15, 0.2) is 23.1 Å². The van der Waals surface area contributed by atoms with Crippen molar-refractivity contribution >= 4 is 39.7 Å². The quantitative estimate of drug-likeness (QED) is 0.592. The maximum absolute atomic E-state index is 10.7.